The first-order chi connectivity index (χ1) is 21.4. The smallest absolute Gasteiger partial charge is 0.316 e. The number of esters is 1. The molecule has 2 heterocycles. The average molecular weight is 583 g/mol. The maximum atomic E-state index is 14.0. The van der Waals surface area contributed by atoms with Crippen LogP contribution in [-0.2, 0) is 25.6 Å². The van der Waals surface area contributed by atoms with Gasteiger partial charge in [-0.05, 0) is 70.6 Å². The minimum Gasteiger partial charge on any atom is -0.426 e. The highest BCUT2D eigenvalue weighted by Gasteiger charge is 2.61. The Bertz CT molecular complexity index is 1730. The van der Waals surface area contributed by atoms with Crippen LogP contribution in [0.4, 0.5) is 11.4 Å². The standard InChI is InChI=1S/C37H30N2O5/c1-2-21-11-13-23(14-12-21)38-20-22(19-30(38)40)37(43)44-25-17-15-24(16-18-25)39-35(41)33-31-26-7-3-4-8-27(26)32(34(33)36(39)42)29-10-6-5-9-28(29)31/h3-18,22,31-34H,2,19-20H2,1H3/t22-,31?,32?,33+,34+/m1/s1. The Morgan fingerprint density at radius 2 is 1.20 bits per heavy atom. The van der Waals surface area contributed by atoms with Crippen LogP contribution in [0.3, 0.4) is 0 Å². The number of aryl methyl sites for hydroxylation is 1. The van der Waals surface area contributed by atoms with Crippen molar-refractivity contribution in [2.24, 2.45) is 17.8 Å². The molecule has 7 heteroatoms. The highest BCUT2D eigenvalue weighted by Crippen LogP contribution is 2.61. The summed E-state index contributed by atoms with van der Waals surface area (Å²) in [5.74, 6) is -2.53. The minimum atomic E-state index is -0.586. The van der Waals surface area contributed by atoms with Crippen molar-refractivity contribution >= 4 is 35.1 Å². The molecule has 44 heavy (non-hydrogen) atoms. The van der Waals surface area contributed by atoms with Crippen molar-refractivity contribution in [3.05, 3.63) is 125 Å². The highest BCUT2D eigenvalue weighted by molar-refractivity contribution is 6.23. The third kappa shape index (κ3) is 3.88. The van der Waals surface area contributed by atoms with Crippen LogP contribution >= 0.6 is 0 Å². The lowest BCUT2D eigenvalue weighted by Gasteiger charge is -2.45. The van der Waals surface area contributed by atoms with E-state index in [4.69, 9.17) is 4.74 Å². The fraction of sp³-hybridized carbons (Fsp3) is 0.243. The molecule has 3 atom stereocenters. The maximum Gasteiger partial charge on any atom is 0.316 e. The summed E-state index contributed by atoms with van der Waals surface area (Å²) in [5, 5.41) is 0. The van der Waals surface area contributed by atoms with Crippen LogP contribution in [0, 0.1) is 17.8 Å². The molecule has 5 aliphatic rings. The normalized spacial score (nSPS) is 24.8. The van der Waals surface area contributed by atoms with Gasteiger partial charge >= 0.3 is 5.97 Å². The summed E-state index contributed by atoms with van der Waals surface area (Å²) in [4.78, 5) is 56.7. The highest BCUT2D eigenvalue weighted by atomic mass is 16.5. The first-order valence-electron chi connectivity index (χ1n) is 15.2. The zero-order valence-electron chi connectivity index (χ0n) is 24.2. The monoisotopic (exact) mass is 582 g/mol. The number of benzene rings is 4. The van der Waals surface area contributed by atoms with Gasteiger partial charge in [-0.15, -0.1) is 0 Å². The largest absolute Gasteiger partial charge is 0.426 e. The molecule has 3 amide bonds. The number of anilines is 2. The Morgan fingerprint density at radius 3 is 1.70 bits per heavy atom. The second-order valence-electron chi connectivity index (χ2n) is 12.1. The maximum absolute atomic E-state index is 14.0. The number of hydrogen-bond acceptors (Lipinski definition) is 5. The summed E-state index contributed by atoms with van der Waals surface area (Å²) < 4.78 is 5.66. The molecule has 218 valence electrons. The number of carbonyl (C=O) groups is 4. The Balaban J connectivity index is 1.01. The molecule has 7 nitrogen and oxygen atoms in total. The van der Waals surface area contributed by atoms with E-state index in [1.165, 1.54) is 10.5 Å². The zero-order valence-corrected chi connectivity index (χ0v) is 24.2. The van der Waals surface area contributed by atoms with Crippen LogP contribution in [0.25, 0.3) is 0 Å². The fourth-order valence-electron chi connectivity index (χ4n) is 7.82. The van der Waals surface area contributed by atoms with E-state index in [-0.39, 0.29) is 42.5 Å². The summed E-state index contributed by atoms with van der Waals surface area (Å²) in [5.41, 5.74) is 6.92. The molecule has 0 radical (unpaired) electrons. The molecular formula is C37H30N2O5. The molecule has 2 aliphatic heterocycles. The van der Waals surface area contributed by atoms with Gasteiger partial charge in [0.15, 0.2) is 0 Å². The molecule has 0 aromatic heterocycles. The van der Waals surface area contributed by atoms with Gasteiger partial charge < -0.3 is 9.64 Å². The zero-order chi connectivity index (χ0) is 30.1. The van der Waals surface area contributed by atoms with Gasteiger partial charge in [-0.1, -0.05) is 67.6 Å². The number of amides is 3. The Kier molecular flexibility index (Phi) is 6.05. The first kappa shape index (κ1) is 26.6. The number of hydrogen-bond donors (Lipinski definition) is 0. The third-order valence-corrected chi connectivity index (χ3v) is 9.88. The Labute approximate surface area is 255 Å². The summed E-state index contributed by atoms with van der Waals surface area (Å²) in [6, 6.07) is 30.6. The molecule has 9 rings (SSSR count). The van der Waals surface area contributed by atoms with Crippen LogP contribution in [-0.4, -0.2) is 30.2 Å². The van der Waals surface area contributed by atoms with Crippen molar-refractivity contribution in [2.75, 3.05) is 16.3 Å². The number of rotatable bonds is 5. The van der Waals surface area contributed by atoms with E-state index in [0.717, 1.165) is 34.4 Å². The van der Waals surface area contributed by atoms with Gasteiger partial charge in [0.05, 0.1) is 23.4 Å². The summed E-state index contributed by atoms with van der Waals surface area (Å²) in [6.07, 6.45) is 0.992. The fourth-order valence-corrected chi connectivity index (χ4v) is 7.82. The van der Waals surface area contributed by atoms with E-state index in [0.29, 0.717) is 11.4 Å². The molecule has 4 aromatic carbocycles. The Hall–Kier alpha value is -5.04. The van der Waals surface area contributed by atoms with Gasteiger partial charge in [0, 0.05) is 30.5 Å². The Morgan fingerprint density at radius 1 is 0.705 bits per heavy atom. The molecule has 4 aromatic rings. The number of imide groups is 1. The summed E-state index contributed by atoms with van der Waals surface area (Å²) in [7, 11) is 0. The molecule has 3 aliphatic carbocycles. The van der Waals surface area contributed by atoms with E-state index in [1.54, 1.807) is 29.2 Å². The van der Waals surface area contributed by atoms with Crippen LogP contribution < -0.4 is 14.5 Å². The van der Waals surface area contributed by atoms with Gasteiger partial charge in [0.25, 0.3) is 0 Å². The van der Waals surface area contributed by atoms with Gasteiger partial charge in [0.1, 0.15) is 5.75 Å². The predicted octanol–water partition coefficient (Wildman–Crippen LogP) is 5.60. The van der Waals surface area contributed by atoms with Crippen molar-refractivity contribution < 1.29 is 23.9 Å². The topological polar surface area (TPSA) is 84.0 Å². The number of ether oxygens (including phenoxy) is 1. The first-order valence-corrected chi connectivity index (χ1v) is 15.2. The van der Waals surface area contributed by atoms with Crippen molar-refractivity contribution in [2.45, 2.75) is 31.6 Å². The molecule has 2 bridgehead atoms. The number of carbonyl (C=O) groups excluding carboxylic acids is 4. The second kappa shape index (κ2) is 10.0. The predicted molar refractivity (Wildman–Crippen MR) is 164 cm³/mol. The van der Waals surface area contributed by atoms with Crippen molar-refractivity contribution in [1.29, 1.82) is 0 Å². The van der Waals surface area contributed by atoms with Crippen LogP contribution in [0.1, 0.15) is 53.0 Å². The lowest BCUT2D eigenvalue weighted by Crippen LogP contribution is -2.41. The molecule has 0 spiro atoms. The quantitative estimate of drug-likeness (QED) is 0.174. The van der Waals surface area contributed by atoms with Crippen molar-refractivity contribution in [1.82, 2.24) is 0 Å². The van der Waals surface area contributed by atoms with Crippen LogP contribution in [0.15, 0.2) is 97.1 Å². The molecule has 0 unspecified atom stereocenters. The molecule has 0 N–H and O–H groups in total. The van der Waals surface area contributed by atoms with Gasteiger partial charge in [-0.2, -0.15) is 0 Å². The molecule has 2 saturated heterocycles. The van der Waals surface area contributed by atoms with E-state index >= 15 is 0 Å². The lowest BCUT2D eigenvalue weighted by molar-refractivity contribution is -0.139. The van der Waals surface area contributed by atoms with E-state index < -0.39 is 23.7 Å². The minimum absolute atomic E-state index is 0.0825. The van der Waals surface area contributed by atoms with E-state index in [9.17, 15) is 19.2 Å². The third-order valence-electron chi connectivity index (χ3n) is 9.88. The van der Waals surface area contributed by atoms with Crippen molar-refractivity contribution in [3.8, 4) is 5.75 Å². The molecular weight excluding hydrogens is 552 g/mol. The van der Waals surface area contributed by atoms with E-state index in [2.05, 4.69) is 31.2 Å². The number of nitrogens with zero attached hydrogens (tertiary/aromatic N) is 2. The molecule has 2 fully saturated rings. The lowest BCUT2D eigenvalue weighted by atomic mass is 9.55. The SMILES string of the molecule is CCc1ccc(N2C[C@H](C(=O)Oc3ccc(N4C(=O)[C@H]5C6c7ccccc7C(c7ccccc76)[C@@H]5C4=O)cc3)CC2=O)cc1. The van der Waals surface area contributed by atoms with Crippen LogP contribution in [0.5, 0.6) is 5.75 Å². The second-order valence-corrected chi connectivity index (χ2v) is 12.1. The summed E-state index contributed by atoms with van der Waals surface area (Å²) >= 11 is 0. The summed E-state index contributed by atoms with van der Waals surface area (Å²) in [6.45, 7) is 2.33. The van der Waals surface area contributed by atoms with Gasteiger partial charge in [0.2, 0.25) is 17.7 Å². The average Bonchev–Trinajstić information content (AvgIpc) is 3.58. The van der Waals surface area contributed by atoms with Gasteiger partial charge in [-0.25, -0.2) is 4.90 Å². The van der Waals surface area contributed by atoms with Crippen molar-refractivity contribution in [3.63, 3.8) is 0 Å². The van der Waals surface area contributed by atoms with Gasteiger partial charge in [-0.3, -0.25) is 19.2 Å². The van der Waals surface area contributed by atoms with Crippen LogP contribution in [0.2, 0.25) is 0 Å². The van der Waals surface area contributed by atoms with E-state index in [1.807, 2.05) is 48.5 Å². The molecule has 0 saturated carbocycles.